The molecule has 0 atom stereocenters. The molecule has 1 heterocycles. The molecule has 6 heteroatoms. The summed E-state index contributed by atoms with van der Waals surface area (Å²) in [5.74, 6) is 0.565. The Hall–Kier alpha value is -1.04. The first-order valence-corrected chi connectivity index (χ1v) is 6.86. The van der Waals surface area contributed by atoms with Crippen LogP contribution in [0.1, 0.15) is 33.4 Å². The molecule has 0 aliphatic heterocycles. The number of sulfonamides is 1. The van der Waals surface area contributed by atoms with E-state index >= 15 is 0 Å². The number of rotatable bonds is 3. The summed E-state index contributed by atoms with van der Waals surface area (Å²) in [6, 6.07) is 1.77. The number of nitrogens with one attached hydrogen (secondary N) is 1. The summed E-state index contributed by atoms with van der Waals surface area (Å²) in [6.07, 6.45) is 0. The zero-order chi connectivity index (χ0) is 12.6. The molecule has 0 aromatic carbocycles. The van der Waals surface area contributed by atoms with Crippen LogP contribution in [-0.2, 0) is 22.5 Å². The average molecular weight is 245 g/mol. The van der Waals surface area contributed by atoms with Crippen LogP contribution in [0.5, 0.6) is 0 Å². The van der Waals surface area contributed by atoms with Gasteiger partial charge in [0.15, 0.2) is 0 Å². The molecule has 0 bridgehead atoms. The average Bonchev–Trinajstić information content (AvgIpc) is 2.47. The van der Waals surface area contributed by atoms with Gasteiger partial charge in [-0.3, -0.25) is 9.40 Å². The van der Waals surface area contributed by atoms with E-state index < -0.39 is 10.0 Å². The first kappa shape index (κ1) is 13.0. The van der Waals surface area contributed by atoms with Gasteiger partial charge in [0, 0.05) is 18.5 Å². The maximum Gasteiger partial charge on any atom is 0.233 e. The van der Waals surface area contributed by atoms with Gasteiger partial charge in [-0.2, -0.15) is 5.10 Å². The smallest absolute Gasteiger partial charge is 0.233 e. The molecule has 1 aromatic heterocycles. The standard InChI is InChI=1S/C10H19N3O2S/c1-6-16(14,15)12-9-7-8(10(2,3)4)11-13(9)5/h7,12H,6H2,1-5H3. The van der Waals surface area contributed by atoms with E-state index in [1.807, 2.05) is 20.8 Å². The van der Waals surface area contributed by atoms with E-state index in [-0.39, 0.29) is 11.2 Å². The van der Waals surface area contributed by atoms with Gasteiger partial charge in [0.05, 0.1) is 11.4 Å². The molecule has 0 aliphatic rings. The number of aromatic nitrogens is 2. The molecule has 0 saturated carbocycles. The summed E-state index contributed by atoms with van der Waals surface area (Å²) in [4.78, 5) is 0. The first-order valence-electron chi connectivity index (χ1n) is 5.21. The van der Waals surface area contributed by atoms with Gasteiger partial charge >= 0.3 is 0 Å². The van der Waals surface area contributed by atoms with Crippen molar-refractivity contribution in [3.63, 3.8) is 0 Å². The van der Waals surface area contributed by atoms with Crippen LogP contribution in [0.2, 0.25) is 0 Å². The van der Waals surface area contributed by atoms with Crippen LogP contribution in [-0.4, -0.2) is 24.0 Å². The van der Waals surface area contributed by atoms with Gasteiger partial charge in [-0.15, -0.1) is 0 Å². The molecule has 0 amide bonds. The lowest BCUT2D eigenvalue weighted by Crippen LogP contribution is -2.16. The summed E-state index contributed by atoms with van der Waals surface area (Å²) in [5, 5.41) is 4.29. The predicted molar refractivity (Wildman–Crippen MR) is 65.0 cm³/mol. The minimum atomic E-state index is -3.24. The van der Waals surface area contributed by atoms with Crippen molar-refractivity contribution in [3.8, 4) is 0 Å². The third-order valence-electron chi connectivity index (χ3n) is 2.29. The summed E-state index contributed by atoms with van der Waals surface area (Å²) >= 11 is 0. The summed E-state index contributed by atoms with van der Waals surface area (Å²) in [7, 11) is -1.51. The highest BCUT2D eigenvalue weighted by Crippen LogP contribution is 2.23. The molecule has 0 fully saturated rings. The maximum absolute atomic E-state index is 11.4. The van der Waals surface area contributed by atoms with Crippen molar-refractivity contribution in [2.45, 2.75) is 33.1 Å². The molecule has 92 valence electrons. The Morgan fingerprint density at radius 2 is 2.00 bits per heavy atom. The minimum Gasteiger partial charge on any atom is -0.268 e. The largest absolute Gasteiger partial charge is 0.268 e. The number of hydrogen-bond acceptors (Lipinski definition) is 3. The fourth-order valence-corrected chi connectivity index (χ4v) is 1.81. The Morgan fingerprint density at radius 1 is 1.44 bits per heavy atom. The SMILES string of the molecule is CCS(=O)(=O)Nc1cc(C(C)(C)C)nn1C. The molecular weight excluding hydrogens is 226 g/mol. The van der Waals surface area contributed by atoms with Gasteiger partial charge in [-0.05, 0) is 6.92 Å². The molecular formula is C10H19N3O2S. The van der Waals surface area contributed by atoms with Crippen LogP contribution in [0.25, 0.3) is 0 Å². The Balaban J connectivity index is 3.05. The molecule has 16 heavy (non-hydrogen) atoms. The quantitative estimate of drug-likeness (QED) is 0.877. The van der Waals surface area contributed by atoms with Gasteiger partial charge in [0.2, 0.25) is 10.0 Å². The van der Waals surface area contributed by atoms with E-state index in [0.29, 0.717) is 5.82 Å². The van der Waals surface area contributed by atoms with Gasteiger partial charge < -0.3 is 0 Å². The fourth-order valence-electron chi connectivity index (χ4n) is 1.16. The third-order valence-corrected chi connectivity index (χ3v) is 3.57. The maximum atomic E-state index is 11.4. The molecule has 0 aliphatic carbocycles. The number of hydrogen-bond donors (Lipinski definition) is 1. The first-order chi connectivity index (χ1) is 7.15. The van der Waals surface area contributed by atoms with Crippen molar-refractivity contribution < 1.29 is 8.42 Å². The van der Waals surface area contributed by atoms with E-state index in [0.717, 1.165) is 5.69 Å². The van der Waals surface area contributed by atoms with Crippen LogP contribution in [0.3, 0.4) is 0 Å². The van der Waals surface area contributed by atoms with Crippen LogP contribution < -0.4 is 4.72 Å². The second kappa shape index (κ2) is 4.08. The highest BCUT2D eigenvalue weighted by Gasteiger charge is 2.20. The molecule has 0 unspecified atom stereocenters. The van der Waals surface area contributed by atoms with E-state index in [1.54, 1.807) is 24.7 Å². The van der Waals surface area contributed by atoms with Crippen molar-refractivity contribution in [3.05, 3.63) is 11.8 Å². The van der Waals surface area contributed by atoms with Crippen molar-refractivity contribution in [1.82, 2.24) is 9.78 Å². The topological polar surface area (TPSA) is 64.0 Å². The van der Waals surface area contributed by atoms with Gasteiger partial charge in [-0.25, -0.2) is 8.42 Å². The highest BCUT2D eigenvalue weighted by molar-refractivity contribution is 7.92. The van der Waals surface area contributed by atoms with E-state index in [1.165, 1.54) is 0 Å². The Bertz CT molecular complexity index is 469. The molecule has 1 rings (SSSR count). The number of aryl methyl sites for hydroxylation is 1. The van der Waals surface area contributed by atoms with Crippen LogP contribution in [0.15, 0.2) is 6.07 Å². The molecule has 1 aromatic rings. The summed E-state index contributed by atoms with van der Waals surface area (Å²) in [5.41, 5.74) is 0.775. The number of anilines is 1. The molecule has 5 nitrogen and oxygen atoms in total. The second-order valence-electron chi connectivity index (χ2n) is 4.79. The Labute approximate surface area is 96.9 Å². The molecule has 0 saturated heterocycles. The Kier molecular flexibility index (Phi) is 3.33. The molecule has 0 spiro atoms. The van der Waals surface area contributed by atoms with E-state index in [9.17, 15) is 8.42 Å². The normalized spacial score (nSPS) is 12.8. The second-order valence-corrected chi connectivity index (χ2v) is 6.80. The predicted octanol–water partition coefficient (Wildman–Crippen LogP) is 1.48. The Morgan fingerprint density at radius 3 is 2.38 bits per heavy atom. The van der Waals surface area contributed by atoms with Gasteiger partial charge in [-0.1, -0.05) is 20.8 Å². The van der Waals surface area contributed by atoms with Crippen LogP contribution >= 0.6 is 0 Å². The summed E-state index contributed by atoms with van der Waals surface area (Å²) < 4.78 is 26.9. The van der Waals surface area contributed by atoms with Crippen molar-refractivity contribution in [1.29, 1.82) is 0 Å². The van der Waals surface area contributed by atoms with Crippen molar-refractivity contribution in [2.75, 3.05) is 10.5 Å². The minimum absolute atomic E-state index is 0.0586. The van der Waals surface area contributed by atoms with E-state index in [2.05, 4.69) is 9.82 Å². The zero-order valence-corrected chi connectivity index (χ0v) is 11.2. The monoisotopic (exact) mass is 245 g/mol. The fraction of sp³-hybridized carbons (Fsp3) is 0.700. The van der Waals surface area contributed by atoms with Crippen LogP contribution in [0, 0.1) is 0 Å². The highest BCUT2D eigenvalue weighted by atomic mass is 32.2. The summed E-state index contributed by atoms with van der Waals surface area (Å²) in [6.45, 7) is 7.71. The zero-order valence-electron chi connectivity index (χ0n) is 10.4. The van der Waals surface area contributed by atoms with Crippen molar-refractivity contribution in [2.24, 2.45) is 7.05 Å². The number of nitrogens with zero attached hydrogens (tertiary/aromatic N) is 2. The van der Waals surface area contributed by atoms with E-state index in [4.69, 9.17) is 0 Å². The van der Waals surface area contributed by atoms with Crippen LogP contribution in [0.4, 0.5) is 5.82 Å². The van der Waals surface area contributed by atoms with Gasteiger partial charge in [0.1, 0.15) is 5.82 Å². The lowest BCUT2D eigenvalue weighted by atomic mass is 9.92. The third kappa shape index (κ3) is 2.98. The van der Waals surface area contributed by atoms with Gasteiger partial charge in [0.25, 0.3) is 0 Å². The lowest BCUT2D eigenvalue weighted by molar-refractivity contribution is 0.553. The molecule has 0 radical (unpaired) electrons. The lowest BCUT2D eigenvalue weighted by Gasteiger charge is -2.13. The van der Waals surface area contributed by atoms with Crippen molar-refractivity contribution >= 4 is 15.8 Å². The molecule has 1 N–H and O–H groups in total.